The van der Waals surface area contributed by atoms with Crippen molar-refractivity contribution >= 4 is 11.7 Å². The van der Waals surface area contributed by atoms with Crippen LogP contribution in [0.2, 0.25) is 0 Å². The van der Waals surface area contributed by atoms with E-state index in [1.165, 1.54) is 11.1 Å². The average molecular weight is 354 g/mol. The molecule has 0 unspecified atom stereocenters. The van der Waals surface area contributed by atoms with Crippen LogP contribution in [0.4, 0.5) is 5.82 Å². The van der Waals surface area contributed by atoms with Crippen LogP contribution in [-0.4, -0.2) is 49.2 Å². The number of ether oxygens (including phenoxy) is 1. The van der Waals surface area contributed by atoms with Crippen LogP contribution in [0.5, 0.6) is 0 Å². The second-order valence-corrected chi connectivity index (χ2v) is 6.90. The number of carbonyl (C=O) groups excluding carboxylic acids is 1. The number of likely N-dealkylation sites (N-methyl/N-ethyl adjacent to an activating group) is 1. The maximum Gasteiger partial charge on any atom is 0.239 e. The Balaban J connectivity index is 1.67. The van der Waals surface area contributed by atoms with Crippen molar-refractivity contribution < 1.29 is 9.53 Å². The molecule has 0 atom stereocenters. The van der Waals surface area contributed by atoms with Gasteiger partial charge in [0.1, 0.15) is 5.82 Å². The van der Waals surface area contributed by atoms with Crippen LogP contribution in [0.15, 0.2) is 42.9 Å². The number of anilines is 1. The van der Waals surface area contributed by atoms with Crippen LogP contribution in [0.1, 0.15) is 24.0 Å². The molecule has 1 saturated heterocycles. The SMILES string of the molecule is Cc1ccccc1C1(CNC(=O)CN(C)c2cnccn2)CCOCC1. The van der Waals surface area contributed by atoms with Crippen molar-refractivity contribution in [2.45, 2.75) is 25.2 Å². The Labute approximate surface area is 154 Å². The van der Waals surface area contributed by atoms with E-state index in [0.29, 0.717) is 12.4 Å². The van der Waals surface area contributed by atoms with E-state index in [-0.39, 0.29) is 17.9 Å². The Morgan fingerprint density at radius 3 is 2.73 bits per heavy atom. The first kappa shape index (κ1) is 18.3. The summed E-state index contributed by atoms with van der Waals surface area (Å²) in [4.78, 5) is 22.6. The summed E-state index contributed by atoms with van der Waals surface area (Å²) in [5.41, 5.74) is 2.51. The maximum atomic E-state index is 12.5. The van der Waals surface area contributed by atoms with Gasteiger partial charge in [-0.1, -0.05) is 24.3 Å². The number of nitrogens with zero attached hydrogens (tertiary/aromatic N) is 3. The summed E-state index contributed by atoms with van der Waals surface area (Å²) in [6.07, 6.45) is 6.73. The molecule has 6 heteroatoms. The highest BCUT2D eigenvalue weighted by molar-refractivity contribution is 5.80. The second kappa shape index (κ2) is 8.27. The van der Waals surface area contributed by atoms with Crippen LogP contribution in [-0.2, 0) is 14.9 Å². The summed E-state index contributed by atoms with van der Waals surface area (Å²) < 4.78 is 5.58. The molecule has 0 bridgehead atoms. The first-order chi connectivity index (χ1) is 12.6. The average Bonchev–Trinajstić information content (AvgIpc) is 2.68. The van der Waals surface area contributed by atoms with E-state index < -0.39 is 0 Å². The Hall–Kier alpha value is -2.47. The molecule has 26 heavy (non-hydrogen) atoms. The van der Waals surface area contributed by atoms with Crippen LogP contribution in [0, 0.1) is 6.92 Å². The lowest BCUT2D eigenvalue weighted by Gasteiger charge is -2.39. The summed E-state index contributed by atoms with van der Waals surface area (Å²) in [5, 5.41) is 3.14. The molecular formula is C20H26N4O2. The van der Waals surface area contributed by atoms with E-state index in [0.717, 1.165) is 26.1 Å². The summed E-state index contributed by atoms with van der Waals surface area (Å²) >= 11 is 0. The van der Waals surface area contributed by atoms with Crippen molar-refractivity contribution in [2.24, 2.45) is 0 Å². The number of benzene rings is 1. The molecule has 0 spiro atoms. The molecule has 0 saturated carbocycles. The fourth-order valence-electron chi connectivity index (χ4n) is 3.58. The lowest BCUT2D eigenvalue weighted by Crippen LogP contribution is -2.47. The Kier molecular flexibility index (Phi) is 5.83. The zero-order valence-electron chi connectivity index (χ0n) is 15.4. The zero-order valence-corrected chi connectivity index (χ0v) is 15.4. The molecule has 138 valence electrons. The van der Waals surface area contributed by atoms with Gasteiger partial charge in [-0.05, 0) is 30.9 Å². The van der Waals surface area contributed by atoms with Gasteiger partial charge in [0.25, 0.3) is 0 Å². The molecule has 1 N–H and O–H groups in total. The number of carbonyl (C=O) groups is 1. The normalized spacial score (nSPS) is 16.1. The maximum absolute atomic E-state index is 12.5. The minimum Gasteiger partial charge on any atom is -0.381 e. The molecule has 1 fully saturated rings. The summed E-state index contributed by atoms with van der Waals surface area (Å²) in [7, 11) is 1.84. The van der Waals surface area contributed by atoms with Gasteiger partial charge in [-0.2, -0.15) is 0 Å². The number of hydrogen-bond donors (Lipinski definition) is 1. The fourth-order valence-corrected chi connectivity index (χ4v) is 3.58. The van der Waals surface area contributed by atoms with Crippen LogP contribution in [0.25, 0.3) is 0 Å². The molecule has 0 aliphatic carbocycles. The fraction of sp³-hybridized carbons (Fsp3) is 0.450. The minimum atomic E-state index is -0.0651. The van der Waals surface area contributed by atoms with Gasteiger partial charge < -0.3 is 15.0 Å². The zero-order chi connectivity index (χ0) is 18.4. The third-order valence-electron chi connectivity index (χ3n) is 5.11. The van der Waals surface area contributed by atoms with Gasteiger partial charge in [0.05, 0.1) is 12.7 Å². The molecule has 6 nitrogen and oxygen atoms in total. The number of amides is 1. The third-order valence-corrected chi connectivity index (χ3v) is 5.11. The number of hydrogen-bond acceptors (Lipinski definition) is 5. The number of aromatic nitrogens is 2. The van der Waals surface area contributed by atoms with Gasteiger partial charge in [0, 0.05) is 44.6 Å². The van der Waals surface area contributed by atoms with E-state index in [1.807, 2.05) is 7.05 Å². The van der Waals surface area contributed by atoms with Gasteiger partial charge >= 0.3 is 0 Å². The Morgan fingerprint density at radius 1 is 1.27 bits per heavy atom. The summed E-state index contributed by atoms with van der Waals surface area (Å²) in [5.74, 6) is 0.667. The predicted octanol–water partition coefficient (Wildman–Crippen LogP) is 2.09. The van der Waals surface area contributed by atoms with Crippen molar-refractivity contribution in [3.05, 3.63) is 54.0 Å². The van der Waals surface area contributed by atoms with Crippen molar-refractivity contribution in [1.82, 2.24) is 15.3 Å². The van der Waals surface area contributed by atoms with Crippen molar-refractivity contribution in [3.8, 4) is 0 Å². The first-order valence-corrected chi connectivity index (χ1v) is 8.98. The second-order valence-electron chi connectivity index (χ2n) is 6.90. The minimum absolute atomic E-state index is 0.0161. The van der Waals surface area contributed by atoms with Crippen molar-refractivity contribution in [3.63, 3.8) is 0 Å². The van der Waals surface area contributed by atoms with Gasteiger partial charge in [-0.15, -0.1) is 0 Å². The highest BCUT2D eigenvalue weighted by Crippen LogP contribution is 2.36. The molecule has 1 amide bonds. The van der Waals surface area contributed by atoms with E-state index in [1.54, 1.807) is 23.5 Å². The van der Waals surface area contributed by atoms with Gasteiger partial charge in [-0.3, -0.25) is 9.78 Å². The van der Waals surface area contributed by atoms with E-state index >= 15 is 0 Å². The van der Waals surface area contributed by atoms with Gasteiger partial charge in [0.15, 0.2) is 0 Å². The molecule has 2 aromatic rings. The van der Waals surface area contributed by atoms with Gasteiger partial charge in [-0.25, -0.2) is 4.98 Å². The van der Waals surface area contributed by atoms with Gasteiger partial charge in [0.2, 0.25) is 5.91 Å². The third kappa shape index (κ3) is 4.19. The van der Waals surface area contributed by atoms with Crippen LogP contribution in [0.3, 0.4) is 0 Å². The number of aryl methyl sites for hydroxylation is 1. The molecule has 0 radical (unpaired) electrons. The highest BCUT2D eigenvalue weighted by Gasteiger charge is 2.35. The quantitative estimate of drug-likeness (QED) is 0.860. The monoisotopic (exact) mass is 354 g/mol. The van der Waals surface area contributed by atoms with Crippen LogP contribution < -0.4 is 10.2 Å². The topological polar surface area (TPSA) is 67.4 Å². The van der Waals surface area contributed by atoms with Crippen molar-refractivity contribution in [2.75, 3.05) is 38.3 Å². The summed E-state index contributed by atoms with van der Waals surface area (Å²) in [6, 6.07) is 8.44. The lowest BCUT2D eigenvalue weighted by molar-refractivity contribution is -0.120. The molecule has 1 aromatic carbocycles. The number of nitrogens with one attached hydrogen (secondary N) is 1. The molecule has 1 aliphatic rings. The molecule has 3 rings (SSSR count). The first-order valence-electron chi connectivity index (χ1n) is 8.98. The van der Waals surface area contributed by atoms with E-state index in [4.69, 9.17) is 4.74 Å². The van der Waals surface area contributed by atoms with E-state index in [2.05, 4.69) is 46.5 Å². The predicted molar refractivity (Wildman–Crippen MR) is 101 cm³/mol. The molecule has 1 aromatic heterocycles. The van der Waals surface area contributed by atoms with Crippen LogP contribution >= 0.6 is 0 Å². The summed E-state index contributed by atoms with van der Waals surface area (Å²) in [6.45, 7) is 4.46. The van der Waals surface area contributed by atoms with E-state index in [9.17, 15) is 4.79 Å². The Bertz CT molecular complexity index is 730. The Morgan fingerprint density at radius 2 is 2.04 bits per heavy atom. The lowest BCUT2D eigenvalue weighted by atomic mass is 9.72. The largest absolute Gasteiger partial charge is 0.381 e. The standard InChI is InChI=1S/C20H26N4O2/c1-16-5-3-4-6-17(16)20(7-11-26-12-8-20)15-23-19(25)14-24(2)18-13-21-9-10-22-18/h3-6,9-10,13H,7-8,11-12,14-15H2,1-2H3,(H,23,25). The highest BCUT2D eigenvalue weighted by atomic mass is 16.5. The smallest absolute Gasteiger partial charge is 0.239 e. The molecule has 1 aliphatic heterocycles. The van der Waals surface area contributed by atoms with Crippen molar-refractivity contribution in [1.29, 1.82) is 0 Å². The molecule has 2 heterocycles. The number of rotatable bonds is 6. The molecular weight excluding hydrogens is 328 g/mol.